The van der Waals surface area contributed by atoms with Crippen molar-refractivity contribution < 1.29 is 79.5 Å². The van der Waals surface area contributed by atoms with Gasteiger partial charge in [-0.1, -0.05) is 102 Å². The minimum absolute atomic E-state index is 0.00984. The highest BCUT2D eigenvalue weighted by atomic mass is 35.5. The smallest absolute Gasteiger partial charge is 0.343 e. The molecule has 3 N–H and O–H groups in total. The number of hydrogen-bond acceptors (Lipinski definition) is 12. The van der Waals surface area contributed by atoms with Gasteiger partial charge < -0.3 is 60.0 Å². The number of piperidine rings is 1. The summed E-state index contributed by atoms with van der Waals surface area (Å²) in [6, 6.07) is -6.56. The summed E-state index contributed by atoms with van der Waals surface area (Å²) in [5.41, 5.74) is -2.42. The van der Waals surface area contributed by atoms with E-state index in [1.807, 2.05) is 0 Å². The van der Waals surface area contributed by atoms with Crippen molar-refractivity contribution in [3.05, 3.63) is 34.3 Å². The van der Waals surface area contributed by atoms with Crippen LogP contribution in [0.5, 0.6) is 0 Å². The lowest BCUT2D eigenvalue weighted by Crippen LogP contribution is -2.65. The van der Waals surface area contributed by atoms with Gasteiger partial charge in [-0.2, -0.15) is 13.2 Å². The molecular formula is C72H108ClF5N12O12. The summed E-state index contributed by atoms with van der Waals surface area (Å²) < 4.78 is 70.2. The Bertz CT molecular complexity index is 3160. The number of alkyl halides is 5. The highest BCUT2D eigenvalue weighted by Crippen LogP contribution is 2.39. The first-order chi connectivity index (χ1) is 48.2. The van der Waals surface area contributed by atoms with Crippen LogP contribution in [-0.4, -0.2) is 258 Å². The molecule has 3 saturated carbocycles. The molecule has 8 atom stereocenters. The minimum atomic E-state index is -4.77. The first-order valence-corrected chi connectivity index (χ1v) is 37.0. The number of nitrogens with one attached hydrogen (secondary N) is 3. The molecule has 0 radical (unpaired) electrons. The van der Waals surface area contributed by atoms with Crippen molar-refractivity contribution in [3.8, 4) is 0 Å². The topological polar surface area (TPSA) is 270 Å². The fourth-order valence-electron chi connectivity index (χ4n) is 15.7. The molecule has 3 heterocycles. The van der Waals surface area contributed by atoms with E-state index in [1.165, 1.54) is 70.1 Å². The Morgan fingerprint density at radius 3 is 1.82 bits per heavy atom. The van der Waals surface area contributed by atoms with E-state index in [9.17, 15) is 55.5 Å². The molecule has 6 fully saturated rings. The number of fused-ring (bicyclic) bond motifs is 1. The zero-order valence-electron chi connectivity index (χ0n) is 60.9. The molecule has 12 amide bonds. The maximum Gasteiger partial charge on any atom is 0.417 e. The second-order valence-electron chi connectivity index (χ2n) is 29.5. The molecule has 30 heteroatoms. The zero-order chi connectivity index (χ0) is 75.1. The highest BCUT2D eigenvalue weighted by Gasteiger charge is 2.52. The molecule has 0 bridgehead atoms. The second-order valence-corrected chi connectivity index (χ2v) is 29.9. The van der Waals surface area contributed by atoms with E-state index in [0.29, 0.717) is 77.3 Å². The van der Waals surface area contributed by atoms with Crippen LogP contribution in [0.1, 0.15) is 185 Å². The third-order valence-corrected chi connectivity index (χ3v) is 22.6. The average molecular weight is 1460 g/mol. The fraction of sp³-hybridized carbons (Fsp3) is 0.750. The van der Waals surface area contributed by atoms with Crippen molar-refractivity contribution in [2.75, 3.05) is 88.6 Å². The normalized spacial score (nSPS) is 26.6. The monoisotopic (exact) mass is 1460 g/mol. The van der Waals surface area contributed by atoms with Gasteiger partial charge in [0, 0.05) is 75.4 Å². The summed E-state index contributed by atoms with van der Waals surface area (Å²) in [4.78, 5) is 190. The van der Waals surface area contributed by atoms with Gasteiger partial charge in [-0.25, -0.2) is 8.78 Å². The molecule has 102 heavy (non-hydrogen) atoms. The molecule has 570 valence electrons. The third kappa shape index (κ3) is 20.8. The number of likely N-dealkylation sites (N-methyl/N-ethyl adjacent to an activating group) is 7. The van der Waals surface area contributed by atoms with E-state index < -0.39 is 193 Å². The number of carbonyl (C=O) groups is 12. The van der Waals surface area contributed by atoms with E-state index in [-0.39, 0.29) is 56.6 Å². The van der Waals surface area contributed by atoms with E-state index in [4.69, 9.17) is 11.6 Å². The number of carbonyl (C=O) groups excluding carboxylic acids is 12. The summed E-state index contributed by atoms with van der Waals surface area (Å²) in [5, 5.41) is 7.89. The van der Waals surface area contributed by atoms with Crippen LogP contribution >= 0.6 is 11.6 Å². The van der Waals surface area contributed by atoms with E-state index in [2.05, 4.69) is 16.0 Å². The Kier molecular flexibility index (Phi) is 29.8. The van der Waals surface area contributed by atoms with Crippen molar-refractivity contribution >= 4 is 82.5 Å². The van der Waals surface area contributed by atoms with E-state index in [0.717, 1.165) is 81.6 Å². The number of benzene rings is 1. The van der Waals surface area contributed by atoms with Crippen molar-refractivity contribution in [1.29, 1.82) is 0 Å². The Balaban J connectivity index is 1.29. The third-order valence-electron chi connectivity index (χ3n) is 22.3. The lowest BCUT2D eigenvalue weighted by atomic mass is 9.81. The van der Waals surface area contributed by atoms with Crippen LogP contribution in [0.15, 0.2) is 18.2 Å². The number of likely N-dealkylation sites (tertiary alicyclic amines) is 1. The van der Waals surface area contributed by atoms with Crippen molar-refractivity contribution in [2.24, 2.45) is 17.8 Å². The predicted octanol–water partition coefficient (Wildman–Crippen LogP) is 6.42. The van der Waals surface area contributed by atoms with Crippen LogP contribution in [-0.2, 0) is 70.1 Å². The number of rotatable bonds is 12. The van der Waals surface area contributed by atoms with Crippen LogP contribution in [0.2, 0.25) is 5.02 Å². The quantitative estimate of drug-likeness (QED) is 0.191. The largest absolute Gasteiger partial charge is 0.417 e. The van der Waals surface area contributed by atoms with Crippen LogP contribution < -0.4 is 16.0 Å². The van der Waals surface area contributed by atoms with Crippen LogP contribution in [0.4, 0.5) is 22.0 Å². The lowest BCUT2D eigenvalue weighted by Gasteiger charge is -2.43. The molecule has 1 aromatic carbocycles. The van der Waals surface area contributed by atoms with Gasteiger partial charge >= 0.3 is 6.18 Å². The van der Waals surface area contributed by atoms with Gasteiger partial charge in [0.15, 0.2) is 0 Å². The minimum Gasteiger partial charge on any atom is -0.343 e. The highest BCUT2D eigenvalue weighted by molar-refractivity contribution is 6.31. The molecule has 1 spiro atoms. The van der Waals surface area contributed by atoms with Crippen molar-refractivity contribution in [1.82, 2.24) is 60.0 Å². The first kappa shape index (κ1) is 82.1. The summed E-state index contributed by atoms with van der Waals surface area (Å²) in [7, 11) is 9.43. The molecular weight excluding hydrogens is 1360 g/mol. The predicted molar refractivity (Wildman–Crippen MR) is 369 cm³/mol. The van der Waals surface area contributed by atoms with Gasteiger partial charge in [0.25, 0.3) is 0 Å². The molecule has 3 aliphatic carbocycles. The number of halogens is 6. The van der Waals surface area contributed by atoms with Gasteiger partial charge in [0.2, 0.25) is 77.3 Å². The summed E-state index contributed by atoms with van der Waals surface area (Å²) in [6.45, 7) is 2.13. The molecule has 0 aromatic heterocycles. The van der Waals surface area contributed by atoms with Gasteiger partial charge in [-0.05, 0) is 119 Å². The van der Waals surface area contributed by atoms with Gasteiger partial charge in [-0.15, -0.1) is 0 Å². The summed E-state index contributed by atoms with van der Waals surface area (Å²) >= 11 is 6.15. The average Bonchev–Trinajstić information content (AvgIpc) is 1.45. The number of nitrogens with zero attached hydrogens (tertiary/aromatic N) is 9. The summed E-state index contributed by atoms with van der Waals surface area (Å²) in [5.74, 6) is -10.00. The molecule has 6 aliphatic rings. The Labute approximate surface area is 601 Å². The van der Waals surface area contributed by atoms with Crippen LogP contribution in [0.3, 0.4) is 0 Å². The number of amides is 12. The van der Waals surface area contributed by atoms with E-state index in [1.54, 1.807) is 18.7 Å². The summed E-state index contributed by atoms with van der Waals surface area (Å²) in [6.07, 6.45) is 1.35. The van der Waals surface area contributed by atoms with Gasteiger partial charge in [-0.3, -0.25) is 57.5 Å². The Hall–Kier alpha value is -7.20. The van der Waals surface area contributed by atoms with Gasteiger partial charge in [0.05, 0.1) is 36.6 Å². The first-order valence-electron chi connectivity index (χ1n) is 36.6. The molecule has 0 unspecified atom stereocenters. The molecule has 7 rings (SSSR count). The standard InChI is InChI=1S/C72H108ClF5N12O12/c1-10-45(2)61-68(100)84(5)43-59(93)82(3)44-60(94)86(7)54(40-46-23-14-11-15-24-46)66(98)83(4)42-57(91)79-51(31-29-47-28-30-49(50(73)39-47)72(76,77)78)65(97)90-38-22-27-53(90)64(96)81-71(34-18-19-35-71)70(102)88(9)62(48-25-16-12-17-26-48)69(101)87(8)55(67(99)89-36-20-13-21-37-89)41-58(92)85(6)52(63(95)80-61)32-33-56(74)75/h28,30,39,45-46,48,51-56,61-62H,10-27,29,31-38,40-44H2,1-9H3,(H,79,91)(H,80,95)(H,81,96)/t45-,51-,52-,53-,54-,55-,61-,62-/m0/s1. The fourth-order valence-corrected chi connectivity index (χ4v) is 16.1. The molecule has 3 aliphatic heterocycles. The van der Waals surface area contributed by atoms with Crippen LogP contribution in [0.25, 0.3) is 0 Å². The SMILES string of the molecule is CC[C@H](C)[C@@H]1NC(=O)[C@H](CCC(F)F)N(C)C(=O)C[C@@H](C(=O)N2CCCCC2)N(C)C(=O)[C@H](C2CCCCC2)N(C)C(=O)C2(CCCC2)NC(=O)[C@@H]2CCCN2C(=O)[C@H](CCc2ccc(C(F)(F)F)c(Cl)c2)NC(=O)CN(C)C(=O)[C@H](CC2CCCCC2)N(C)C(=O)CN(C)C(=O)CN(C)C1=O. The lowest BCUT2D eigenvalue weighted by molar-refractivity contribution is -0.157. The van der Waals surface area contributed by atoms with Crippen molar-refractivity contribution in [3.63, 3.8) is 0 Å². The number of hydrogen-bond donors (Lipinski definition) is 3. The van der Waals surface area contributed by atoms with Gasteiger partial charge in [0.1, 0.15) is 47.8 Å². The van der Waals surface area contributed by atoms with E-state index >= 15 is 24.0 Å². The second kappa shape index (κ2) is 37.0. The maximum atomic E-state index is 15.8. The Morgan fingerprint density at radius 1 is 0.618 bits per heavy atom. The Morgan fingerprint density at radius 2 is 1.22 bits per heavy atom. The maximum absolute atomic E-state index is 15.8. The molecule has 3 saturated heterocycles. The van der Waals surface area contributed by atoms with Crippen LogP contribution in [0, 0.1) is 17.8 Å². The van der Waals surface area contributed by atoms with Crippen molar-refractivity contribution in [2.45, 2.75) is 241 Å². The molecule has 24 nitrogen and oxygen atoms in total. The zero-order valence-corrected chi connectivity index (χ0v) is 61.7. The number of aryl methyl sites for hydroxylation is 1. The molecule has 1 aromatic rings.